The van der Waals surface area contributed by atoms with E-state index >= 15 is 0 Å². The van der Waals surface area contributed by atoms with Crippen molar-refractivity contribution in [3.8, 4) is 0 Å². The van der Waals surface area contributed by atoms with Crippen LogP contribution in [-0.4, -0.2) is 65.1 Å². The maximum Gasteiger partial charge on any atom is 0.0589 e. The van der Waals surface area contributed by atoms with Gasteiger partial charge in [0.2, 0.25) is 0 Å². The summed E-state index contributed by atoms with van der Waals surface area (Å²) in [6.07, 6.45) is 2.58. The zero-order chi connectivity index (χ0) is 13.6. The maximum absolute atomic E-state index is 5.12. The Hall–Kier alpha value is -0.160. The van der Waals surface area contributed by atoms with Crippen molar-refractivity contribution < 1.29 is 9.47 Å². The zero-order valence-electron chi connectivity index (χ0n) is 12.7. The molecule has 0 saturated heterocycles. The molecule has 4 heteroatoms. The molecular formula is C14H32N2O2. The number of nitrogens with zero attached hydrogens (tertiary/aromatic N) is 1. The fourth-order valence-corrected chi connectivity index (χ4v) is 1.77. The molecule has 1 N–H and O–H groups in total. The van der Waals surface area contributed by atoms with Crippen LogP contribution in [0.2, 0.25) is 0 Å². The molecule has 4 nitrogen and oxygen atoms in total. The monoisotopic (exact) mass is 260 g/mol. The minimum Gasteiger partial charge on any atom is -0.383 e. The molecule has 0 aliphatic heterocycles. The van der Waals surface area contributed by atoms with E-state index in [1.165, 1.54) is 12.8 Å². The van der Waals surface area contributed by atoms with Crippen LogP contribution in [0.1, 0.15) is 26.7 Å². The highest BCUT2D eigenvalue weighted by molar-refractivity contribution is 4.60. The number of hydrogen-bond acceptors (Lipinski definition) is 4. The first-order chi connectivity index (χ1) is 8.70. The van der Waals surface area contributed by atoms with Crippen molar-refractivity contribution in [3.05, 3.63) is 0 Å². The van der Waals surface area contributed by atoms with Crippen molar-refractivity contribution in [1.82, 2.24) is 10.2 Å². The quantitative estimate of drug-likeness (QED) is 0.510. The molecule has 0 amide bonds. The Labute approximate surface area is 113 Å². The summed E-state index contributed by atoms with van der Waals surface area (Å²) in [6.45, 7) is 11.3. The molecule has 0 aromatic heterocycles. The van der Waals surface area contributed by atoms with E-state index in [4.69, 9.17) is 9.47 Å². The zero-order valence-corrected chi connectivity index (χ0v) is 12.7. The Morgan fingerprint density at radius 1 is 0.944 bits per heavy atom. The lowest BCUT2D eigenvalue weighted by Crippen LogP contribution is -2.36. The molecule has 0 aliphatic rings. The van der Waals surface area contributed by atoms with Gasteiger partial charge >= 0.3 is 0 Å². The van der Waals surface area contributed by atoms with Gasteiger partial charge in [0.1, 0.15) is 0 Å². The smallest absolute Gasteiger partial charge is 0.0589 e. The second-order valence-corrected chi connectivity index (χ2v) is 5.11. The fraction of sp³-hybridized carbons (Fsp3) is 1.00. The molecule has 18 heavy (non-hydrogen) atoms. The fourth-order valence-electron chi connectivity index (χ4n) is 1.77. The first-order valence-electron chi connectivity index (χ1n) is 7.11. The van der Waals surface area contributed by atoms with E-state index in [1.807, 2.05) is 0 Å². The predicted octanol–water partition coefficient (Wildman–Crippen LogP) is 1.61. The van der Waals surface area contributed by atoms with Crippen molar-refractivity contribution in [2.24, 2.45) is 5.92 Å². The summed E-state index contributed by atoms with van der Waals surface area (Å²) in [4.78, 5) is 2.38. The minimum absolute atomic E-state index is 0.789. The number of methoxy groups -OCH3 is 2. The normalized spacial score (nSPS) is 11.7. The lowest BCUT2D eigenvalue weighted by atomic mass is 10.1. The van der Waals surface area contributed by atoms with Gasteiger partial charge in [-0.2, -0.15) is 0 Å². The lowest BCUT2D eigenvalue weighted by Gasteiger charge is -2.21. The van der Waals surface area contributed by atoms with Gasteiger partial charge in [0.15, 0.2) is 0 Å². The molecule has 0 spiro atoms. The minimum atomic E-state index is 0.789. The van der Waals surface area contributed by atoms with Crippen molar-refractivity contribution in [2.45, 2.75) is 26.7 Å². The van der Waals surface area contributed by atoms with Crippen LogP contribution in [0.5, 0.6) is 0 Å². The van der Waals surface area contributed by atoms with Crippen molar-refractivity contribution in [3.63, 3.8) is 0 Å². The van der Waals surface area contributed by atoms with Gasteiger partial charge in [-0.1, -0.05) is 13.8 Å². The van der Waals surface area contributed by atoms with Crippen molar-refractivity contribution >= 4 is 0 Å². The first kappa shape index (κ1) is 17.8. The third-order valence-corrected chi connectivity index (χ3v) is 2.96. The average Bonchev–Trinajstić information content (AvgIpc) is 2.35. The summed E-state index contributed by atoms with van der Waals surface area (Å²) in [5, 5.41) is 3.50. The van der Waals surface area contributed by atoms with Gasteiger partial charge in [-0.3, -0.25) is 4.90 Å². The predicted molar refractivity (Wildman–Crippen MR) is 77.1 cm³/mol. The van der Waals surface area contributed by atoms with Gasteiger partial charge in [-0.25, -0.2) is 0 Å². The van der Waals surface area contributed by atoms with E-state index in [1.54, 1.807) is 14.2 Å². The third-order valence-electron chi connectivity index (χ3n) is 2.96. The van der Waals surface area contributed by atoms with E-state index in [2.05, 4.69) is 24.1 Å². The molecule has 0 saturated carbocycles. The van der Waals surface area contributed by atoms with Crippen molar-refractivity contribution in [2.75, 3.05) is 60.2 Å². The summed E-state index contributed by atoms with van der Waals surface area (Å²) in [5.74, 6) is 0.812. The van der Waals surface area contributed by atoms with Crippen LogP contribution in [0.25, 0.3) is 0 Å². The Kier molecular flexibility index (Phi) is 13.2. The summed E-state index contributed by atoms with van der Waals surface area (Å²) in [6, 6.07) is 0. The molecule has 0 heterocycles. The SMILES string of the molecule is COCCN(CCNCCCC(C)C)CCOC. The highest BCUT2D eigenvalue weighted by Crippen LogP contribution is 2.01. The second kappa shape index (κ2) is 13.3. The largest absolute Gasteiger partial charge is 0.383 e. The summed E-state index contributed by atoms with van der Waals surface area (Å²) in [7, 11) is 3.50. The van der Waals surface area contributed by atoms with E-state index in [9.17, 15) is 0 Å². The van der Waals surface area contributed by atoms with Crippen LogP contribution >= 0.6 is 0 Å². The topological polar surface area (TPSA) is 33.7 Å². The Morgan fingerprint density at radius 3 is 2.06 bits per heavy atom. The van der Waals surface area contributed by atoms with Crippen LogP contribution in [0.3, 0.4) is 0 Å². The van der Waals surface area contributed by atoms with Gasteiger partial charge in [0, 0.05) is 40.4 Å². The number of ether oxygens (including phenoxy) is 2. The summed E-state index contributed by atoms with van der Waals surface area (Å²) in [5.41, 5.74) is 0. The number of hydrogen-bond donors (Lipinski definition) is 1. The molecule has 0 aromatic rings. The Balaban J connectivity index is 3.49. The van der Waals surface area contributed by atoms with E-state index in [-0.39, 0.29) is 0 Å². The van der Waals surface area contributed by atoms with Crippen molar-refractivity contribution in [1.29, 1.82) is 0 Å². The Morgan fingerprint density at radius 2 is 1.56 bits per heavy atom. The lowest BCUT2D eigenvalue weighted by molar-refractivity contribution is 0.114. The summed E-state index contributed by atoms with van der Waals surface area (Å²) >= 11 is 0. The Bertz CT molecular complexity index is 158. The average molecular weight is 260 g/mol. The molecule has 0 aromatic carbocycles. The van der Waals surface area contributed by atoms with Gasteiger partial charge < -0.3 is 14.8 Å². The molecular weight excluding hydrogens is 228 g/mol. The van der Waals surface area contributed by atoms with Gasteiger partial charge in [0.25, 0.3) is 0 Å². The van der Waals surface area contributed by atoms with E-state index < -0.39 is 0 Å². The summed E-state index contributed by atoms with van der Waals surface area (Å²) < 4.78 is 10.2. The highest BCUT2D eigenvalue weighted by Gasteiger charge is 2.03. The number of rotatable bonds is 13. The van der Waals surface area contributed by atoms with Crippen LogP contribution in [0, 0.1) is 5.92 Å². The van der Waals surface area contributed by atoms with Crippen LogP contribution in [0.4, 0.5) is 0 Å². The second-order valence-electron chi connectivity index (χ2n) is 5.11. The van der Waals surface area contributed by atoms with Gasteiger partial charge in [-0.05, 0) is 25.3 Å². The number of nitrogens with one attached hydrogen (secondary N) is 1. The van der Waals surface area contributed by atoms with E-state index in [0.29, 0.717) is 0 Å². The molecule has 110 valence electrons. The third kappa shape index (κ3) is 12.3. The van der Waals surface area contributed by atoms with Gasteiger partial charge in [0.05, 0.1) is 13.2 Å². The van der Waals surface area contributed by atoms with Gasteiger partial charge in [-0.15, -0.1) is 0 Å². The molecule has 0 fully saturated rings. The van der Waals surface area contributed by atoms with E-state index in [0.717, 1.165) is 51.9 Å². The van der Waals surface area contributed by atoms with Crippen LogP contribution < -0.4 is 5.32 Å². The highest BCUT2D eigenvalue weighted by atomic mass is 16.5. The maximum atomic E-state index is 5.12. The first-order valence-corrected chi connectivity index (χ1v) is 7.11. The standard InChI is InChI=1S/C14H32N2O2/c1-14(2)6-5-7-15-8-9-16(10-12-17-3)11-13-18-4/h14-15H,5-13H2,1-4H3. The molecule has 0 aliphatic carbocycles. The van der Waals surface area contributed by atoms with Crippen LogP contribution in [0.15, 0.2) is 0 Å². The van der Waals surface area contributed by atoms with Crippen LogP contribution in [-0.2, 0) is 9.47 Å². The molecule has 0 bridgehead atoms. The molecule has 0 unspecified atom stereocenters. The molecule has 0 atom stereocenters. The molecule has 0 radical (unpaired) electrons. The molecule has 0 rings (SSSR count).